The van der Waals surface area contributed by atoms with Crippen molar-refractivity contribution in [1.82, 2.24) is 15.8 Å². The molecule has 2 aromatic carbocycles. The van der Waals surface area contributed by atoms with Gasteiger partial charge in [0.2, 0.25) is 5.91 Å². The average molecular weight is 536 g/mol. The molecule has 0 spiro atoms. The fourth-order valence-electron chi connectivity index (χ4n) is 4.33. The number of carbonyl (C=O) groups excluding carboxylic acids is 1. The summed E-state index contributed by atoms with van der Waals surface area (Å²) in [6.07, 6.45) is 0.771. The Morgan fingerprint density at radius 1 is 1.26 bits per heavy atom. The molecule has 4 N–H and O–H groups in total. The van der Waals surface area contributed by atoms with Gasteiger partial charge < -0.3 is 25.4 Å². The summed E-state index contributed by atoms with van der Waals surface area (Å²) in [6, 6.07) is 10.9. The van der Waals surface area contributed by atoms with Crippen LogP contribution < -0.4 is 10.6 Å². The van der Waals surface area contributed by atoms with Crippen LogP contribution in [0.2, 0.25) is 0 Å². The molecule has 1 aliphatic heterocycles. The summed E-state index contributed by atoms with van der Waals surface area (Å²) in [5.74, 6) is -2.59. The van der Waals surface area contributed by atoms with Crippen LogP contribution in [0.5, 0.6) is 0 Å². The number of carbonyl (C=O) groups is 1. The van der Waals surface area contributed by atoms with Crippen LogP contribution in [0.1, 0.15) is 29.2 Å². The highest BCUT2D eigenvalue weighted by Crippen LogP contribution is 2.45. The first-order valence-electron chi connectivity index (χ1n) is 10.8. The molecule has 0 saturated carbocycles. The average Bonchev–Trinajstić information content (AvgIpc) is 3.22. The van der Waals surface area contributed by atoms with Crippen molar-refractivity contribution >= 4 is 21.8 Å². The van der Waals surface area contributed by atoms with Crippen molar-refractivity contribution in [3.8, 4) is 11.3 Å². The number of rotatable bonds is 7. The molecule has 2 atom stereocenters. The molecule has 1 saturated heterocycles. The van der Waals surface area contributed by atoms with E-state index in [1.807, 2.05) is 24.3 Å². The van der Waals surface area contributed by atoms with Crippen molar-refractivity contribution in [3.05, 3.63) is 75.4 Å². The monoisotopic (exact) mass is 535 g/mol. The lowest BCUT2D eigenvalue weighted by atomic mass is 9.75. The molecule has 0 bridgehead atoms. The number of aromatic nitrogens is 1. The summed E-state index contributed by atoms with van der Waals surface area (Å²) < 4.78 is 33.7. The summed E-state index contributed by atoms with van der Waals surface area (Å²) in [5, 5.41) is 30.6. The van der Waals surface area contributed by atoms with Gasteiger partial charge in [-0.05, 0) is 58.6 Å². The van der Waals surface area contributed by atoms with Gasteiger partial charge in [-0.3, -0.25) is 4.79 Å². The normalized spacial score (nSPS) is 20.3. The van der Waals surface area contributed by atoms with E-state index in [9.17, 15) is 18.7 Å². The largest absolute Gasteiger partial charge is 0.387 e. The number of amides is 1. The number of nitrogens with zero attached hydrogens (tertiary/aromatic N) is 1. The van der Waals surface area contributed by atoms with Gasteiger partial charge in [0.25, 0.3) is 0 Å². The Balaban J connectivity index is 1.67. The van der Waals surface area contributed by atoms with Crippen LogP contribution >= 0.6 is 15.9 Å². The Bertz CT molecular complexity index is 1190. The Morgan fingerprint density at radius 2 is 2.06 bits per heavy atom. The van der Waals surface area contributed by atoms with E-state index in [-0.39, 0.29) is 12.0 Å². The van der Waals surface area contributed by atoms with Gasteiger partial charge in [0, 0.05) is 18.7 Å². The van der Waals surface area contributed by atoms with Gasteiger partial charge in [-0.15, -0.1) is 0 Å². The van der Waals surface area contributed by atoms with Crippen LogP contribution in [0, 0.1) is 11.6 Å². The molecule has 34 heavy (non-hydrogen) atoms. The summed E-state index contributed by atoms with van der Waals surface area (Å²) in [7, 11) is 0. The Morgan fingerprint density at radius 3 is 2.82 bits per heavy atom. The number of benzene rings is 2. The van der Waals surface area contributed by atoms with Crippen LogP contribution in [-0.4, -0.2) is 47.5 Å². The molecule has 0 radical (unpaired) electrons. The molecule has 10 heteroatoms. The van der Waals surface area contributed by atoms with Gasteiger partial charge in [-0.1, -0.05) is 35.5 Å². The Labute approximate surface area is 203 Å². The van der Waals surface area contributed by atoms with Crippen LogP contribution in [0.25, 0.3) is 11.3 Å². The zero-order valence-corrected chi connectivity index (χ0v) is 19.7. The summed E-state index contributed by atoms with van der Waals surface area (Å²) in [4.78, 5) is 11.3. The number of nitrogens with one attached hydrogen (secondary N) is 2. The maximum atomic E-state index is 14.0. The van der Waals surface area contributed by atoms with E-state index in [4.69, 9.17) is 9.63 Å². The molecule has 0 aliphatic carbocycles. The van der Waals surface area contributed by atoms with Gasteiger partial charge >= 0.3 is 0 Å². The topological polar surface area (TPSA) is 108 Å². The number of hydrogen-bond acceptors (Lipinski definition) is 6. The SMILES string of the molecule is O=C(CO)NCCc1ccccc1-c1onc(C2CNCCC2(O)c2ccc(F)c(F)c2)c1Br. The van der Waals surface area contributed by atoms with Gasteiger partial charge in [0.15, 0.2) is 17.4 Å². The molecule has 2 heterocycles. The maximum Gasteiger partial charge on any atom is 0.245 e. The second-order valence-corrected chi connectivity index (χ2v) is 8.98. The molecule has 1 aromatic heterocycles. The third kappa shape index (κ3) is 4.76. The molecular weight excluding hydrogens is 512 g/mol. The first-order chi connectivity index (χ1) is 16.3. The van der Waals surface area contributed by atoms with Crippen LogP contribution in [0.15, 0.2) is 51.5 Å². The van der Waals surface area contributed by atoms with E-state index in [0.29, 0.717) is 42.0 Å². The third-order valence-electron chi connectivity index (χ3n) is 6.14. The van der Waals surface area contributed by atoms with Crippen LogP contribution in [-0.2, 0) is 16.8 Å². The predicted octanol–water partition coefficient (Wildman–Crippen LogP) is 3.00. The maximum absolute atomic E-state index is 14.0. The van der Waals surface area contributed by atoms with Crippen molar-refractivity contribution in [2.45, 2.75) is 24.4 Å². The van der Waals surface area contributed by atoms with Crippen molar-refractivity contribution in [1.29, 1.82) is 0 Å². The number of aliphatic hydroxyl groups is 2. The van der Waals surface area contributed by atoms with E-state index in [1.54, 1.807) is 0 Å². The fraction of sp³-hybridized carbons (Fsp3) is 0.333. The number of piperidine rings is 1. The summed E-state index contributed by atoms with van der Waals surface area (Å²) >= 11 is 3.58. The minimum atomic E-state index is -1.48. The molecule has 1 amide bonds. The highest BCUT2D eigenvalue weighted by Gasteiger charge is 2.44. The van der Waals surface area contributed by atoms with Crippen LogP contribution in [0.4, 0.5) is 8.78 Å². The minimum Gasteiger partial charge on any atom is -0.387 e. The molecule has 1 fully saturated rings. The van der Waals surface area contributed by atoms with E-state index in [2.05, 4.69) is 31.7 Å². The summed E-state index contributed by atoms with van der Waals surface area (Å²) in [5.41, 5.74) is 0.894. The number of halogens is 3. The smallest absolute Gasteiger partial charge is 0.245 e. The minimum absolute atomic E-state index is 0.273. The molecule has 3 aromatic rings. The van der Waals surface area contributed by atoms with E-state index in [1.165, 1.54) is 6.07 Å². The second kappa shape index (κ2) is 10.3. The fourth-order valence-corrected chi connectivity index (χ4v) is 4.96. The van der Waals surface area contributed by atoms with Gasteiger partial charge in [0.05, 0.1) is 10.4 Å². The highest BCUT2D eigenvalue weighted by atomic mass is 79.9. The zero-order chi connectivity index (χ0) is 24.3. The predicted molar refractivity (Wildman–Crippen MR) is 124 cm³/mol. The highest BCUT2D eigenvalue weighted by molar-refractivity contribution is 9.10. The quantitative estimate of drug-likeness (QED) is 0.370. The lowest BCUT2D eigenvalue weighted by Gasteiger charge is -2.40. The van der Waals surface area contributed by atoms with E-state index < -0.39 is 35.7 Å². The molecule has 1 aliphatic rings. The zero-order valence-electron chi connectivity index (χ0n) is 18.2. The van der Waals surface area contributed by atoms with E-state index in [0.717, 1.165) is 23.3 Å². The lowest BCUT2D eigenvalue weighted by molar-refractivity contribution is -0.123. The van der Waals surface area contributed by atoms with Gasteiger partial charge in [-0.2, -0.15) is 0 Å². The molecule has 180 valence electrons. The van der Waals surface area contributed by atoms with E-state index >= 15 is 0 Å². The van der Waals surface area contributed by atoms with Crippen molar-refractivity contribution in [3.63, 3.8) is 0 Å². The Hall–Kier alpha value is -2.66. The molecular formula is C24H24BrF2N3O4. The van der Waals surface area contributed by atoms with Gasteiger partial charge in [-0.25, -0.2) is 8.78 Å². The number of aliphatic hydroxyl groups excluding tert-OH is 1. The van der Waals surface area contributed by atoms with Crippen molar-refractivity contribution < 1.29 is 28.3 Å². The molecule has 4 rings (SSSR count). The van der Waals surface area contributed by atoms with Crippen molar-refractivity contribution in [2.24, 2.45) is 0 Å². The van der Waals surface area contributed by atoms with Gasteiger partial charge in [0.1, 0.15) is 17.9 Å². The van der Waals surface area contributed by atoms with Crippen molar-refractivity contribution in [2.75, 3.05) is 26.2 Å². The molecule has 7 nitrogen and oxygen atoms in total. The number of hydrogen-bond donors (Lipinski definition) is 4. The first kappa shape index (κ1) is 24.5. The lowest BCUT2D eigenvalue weighted by Crippen LogP contribution is -2.47. The third-order valence-corrected chi connectivity index (χ3v) is 6.91. The standard InChI is InChI=1S/C24H24BrF2N3O4/c25-21-22(17-12-28-10-8-24(17,33)15-5-6-18(26)19(27)11-15)30-34-23(21)16-4-2-1-3-14(16)7-9-29-20(32)13-31/h1-6,11,17,28,31,33H,7-10,12-13H2,(H,29,32). The molecule has 2 unspecified atom stereocenters. The summed E-state index contributed by atoms with van der Waals surface area (Å²) in [6.45, 7) is 0.609. The second-order valence-electron chi connectivity index (χ2n) is 8.19. The van der Waals surface area contributed by atoms with Crippen LogP contribution in [0.3, 0.4) is 0 Å². The Kier molecular flexibility index (Phi) is 7.42. The first-order valence-corrected chi connectivity index (χ1v) is 11.6.